The summed E-state index contributed by atoms with van der Waals surface area (Å²) in [6.45, 7) is -0.680. The largest absolute Gasteiger partial charge is 0.416 e. The van der Waals surface area contributed by atoms with E-state index in [-0.39, 0.29) is 11.4 Å². The van der Waals surface area contributed by atoms with Crippen LogP contribution < -0.4 is 9.62 Å². The van der Waals surface area contributed by atoms with Crippen LogP contribution in [0.1, 0.15) is 5.56 Å². The van der Waals surface area contributed by atoms with Crippen molar-refractivity contribution in [2.75, 3.05) is 22.4 Å². The second-order valence-corrected chi connectivity index (χ2v) is 7.28. The van der Waals surface area contributed by atoms with Crippen LogP contribution in [0.2, 0.25) is 0 Å². The number of sulfonamides is 1. The van der Waals surface area contributed by atoms with E-state index in [1.807, 2.05) is 0 Å². The third-order valence-corrected chi connectivity index (χ3v) is 4.42. The van der Waals surface area contributed by atoms with E-state index in [1.54, 1.807) is 0 Å². The molecule has 1 N–H and O–H groups in total. The number of nitrogens with one attached hydrogen (secondary N) is 1. The van der Waals surface area contributed by atoms with Crippen molar-refractivity contribution in [3.8, 4) is 0 Å². The van der Waals surface area contributed by atoms with E-state index >= 15 is 0 Å². The molecule has 0 radical (unpaired) electrons. The van der Waals surface area contributed by atoms with Gasteiger partial charge in [0.15, 0.2) is 0 Å². The highest BCUT2D eigenvalue weighted by Crippen LogP contribution is 2.31. The first-order chi connectivity index (χ1) is 12.0. The molecule has 0 fully saturated rings. The summed E-state index contributed by atoms with van der Waals surface area (Å²) in [6, 6.07) is 8.33. The van der Waals surface area contributed by atoms with Crippen molar-refractivity contribution >= 4 is 27.3 Å². The third kappa shape index (κ3) is 5.19. The maximum atomic E-state index is 13.1. The number of halogens is 4. The number of nitrogens with zero attached hydrogens (tertiary/aromatic N) is 1. The van der Waals surface area contributed by atoms with E-state index in [9.17, 15) is 30.8 Å². The summed E-state index contributed by atoms with van der Waals surface area (Å²) in [6.07, 6.45) is -3.75. The Balaban J connectivity index is 2.21. The fourth-order valence-electron chi connectivity index (χ4n) is 2.11. The van der Waals surface area contributed by atoms with Crippen LogP contribution in [0.25, 0.3) is 0 Å². The molecule has 1 amide bonds. The molecule has 26 heavy (non-hydrogen) atoms. The number of benzene rings is 2. The number of carbonyl (C=O) groups excluding carboxylic acids is 1. The highest BCUT2D eigenvalue weighted by Gasteiger charge is 2.30. The number of carbonyl (C=O) groups is 1. The first-order valence-corrected chi connectivity index (χ1v) is 9.02. The van der Waals surface area contributed by atoms with Crippen molar-refractivity contribution in [2.24, 2.45) is 0 Å². The highest BCUT2D eigenvalue weighted by atomic mass is 32.2. The summed E-state index contributed by atoms with van der Waals surface area (Å²) < 4.78 is 75.5. The molecule has 0 spiro atoms. The Hall–Kier alpha value is -2.62. The first kappa shape index (κ1) is 19.7. The van der Waals surface area contributed by atoms with Crippen molar-refractivity contribution in [1.82, 2.24) is 0 Å². The van der Waals surface area contributed by atoms with Gasteiger partial charge in [0.05, 0.1) is 17.5 Å². The van der Waals surface area contributed by atoms with Gasteiger partial charge in [-0.15, -0.1) is 0 Å². The van der Waals surface area contributed by atoms with E-state index in [0.717, 1.165) is 36.6 Å². The van der Waals surface area contributed by atoms with Crippen LogP contribution in [0.5, 0.6) is 0 Å². The Morgan fingerprint density at radius 1 is 1.12 bits per heavy atom. The number of rotatable bonds is 5. The van der Waals surface area contributed by atoms with Crippen molar-refractivity contribution in [3.63, 3.8) is 0 Å². The second kappa shape index (κ2) is 7.32. The summed E-state index contributed by atoms with van der Waals surface area (Å²) in [5.74, 6) is -1.37. The molecule has 2 aromatic rings. The summed E-state index contributed by atoms with van der Waals surface area (Å²) in [7, 11) is -3.94. The van der Waals surface area contributed by atoms with Crippen molar-refractivity contribution in [3.05, 3.63) is 59.9 Å². The van der Waals surface area contributed by atoms with Crippen LogP contribution in [0, 0.1) is 5.82 Å². The number of hydrogen-bond acceptors (Lipinski definition) is 3. The van der Waals surface area contributed by atoms with Crippen LogP contribution in [0.4, 0.5) is 28.9 Å². The molecule has 10 heteroatoms. The minimum Gasteiger partial charge on any atom is -0.324 e. The minimum absolute atomic E-state index is 0.102. The Labute approximate surface area is 147 Å². The summed E-state index contributed by atoms with van der Waals surface area (Å²) in [5.41, 5.74) is -0.926. The third-order valence-electron chi connectivity index (χ3n) is 3.28. The minimum atomic E-state index is -4.57. The van der Waals surface area contributed by atoms with Crippen LogP contribution in [0.3, 0.4) is 0 Å². The van der Waals surface area contributed by atoms with E-state index in [1.165, 1.54) is 18.2 Å². The lowest BCUT2D eigenvalue weighted by Gasteiger charge is -2.22. The molecule has 0 aliphatic carbocycles. The summed E-state index contributed by atoms with van der Waals surface area (Å²) >= 11 is 0. The topological polar surface area (TPSA) is 66.5 Å². The number of anilines is 2. The molecule has 5 nitrogen and oxygen atoms in total. The van der Waals surface area contributed by atoms with Gasteiger partial charge in [-0.25, -0.2) is 12.8 Å². The molecule has 0 aromatic heterocycles. The zero-order valence-corrected chi connectivity index (χ0v) is 14.2. The molecular weight excluding hydrogens is 376 g/mol. The maximum Gasteiger partial charge on any atom is 0.416 e. The average Bonchev–Trinajstić information content (AvgIpc) is 2.51. The van der Waals surface area contributed by atoms with Crippen LogP contribution in [-0.2, 0) is 21.0 Å². The lowest BCUT2D eigenvalue weighted by molar-refractivity contribution is -0.137. The molecule has 0 saturated heterocycles. The zero-order valence-electron chi connectivity index (χ0n) is 13.4. The monoisotopic (exact) mass is 390 g/mol. The van der Waals surface area contributed by atoms with Crippen LogP contribution in [0.15, 0.2) is 48.5 Å². The van der Waals surface area contributed by atoms with Gasteiger partial charge in [-0.2, -0.15) is 13.2 Å². The smallest absolute Gasteiger partial charge is 0.324 e. The molecule has 0 atom stereocenters. The van der Waals surface area contributed by atoms with E-state index < -0.39 is 40.0 Å². The van der Waals surface area contributed by atoms with E-state index in [4.69, 9.17) is 0 Å². The standard InChI is InChI=1S/C16H14F4N2O3S/c1-26(24,25)22(14-7-5-11(6-8-14)16(18,19)20)10-15(23)21-13-4-2-3-12(17)9-13/h2-9H,10H2,1H3,(H,21,23). The second-order valence-electron chi connectivity index (χ2n) is 5.37. The van der Waals surface area contributed by atoms with Gasteiger partial charge in [-0.3, -0.25) is 9.10 Å². The summed E-state index contributed by atoms with van der Waals surface area (Å²) in [5, 5.41) is 2.33. The fourth-order valence-corrected chi connectivity index (χ4v) is 2.97. The lowest BCUT2D eigenvalue weighted by Crippen LogP contribution is -2.37. The number of hydrogen-bond donors (Lipinski definition) is 1. The Kier molecular flexibility index (Phi) is 5.55. The quantitative estimate of drug-likeness (QED) is 0.797. The van der Waals surface area contributed by atoms with Crippen molar-refractivity contribution in [2.45, 2.75) is 6.18 Å². The fraction of sp³-hybridized carbons (Fsp3) is 0.188. The zero-order chi connectivity index (χ0) is 19.5. The molecule has 0 heterocycles. The van der Waals surface area contributed by atoms with Gasteiger partial charge in [-0.05, 0) is 42.5 Å². The highest BCUT2D eigenvalue weighted by molar-refractivity contribution is 7.92. The van der Waals surface area contributed by atoms with E-state index in [0.29, 0.717) is 4.31 Å². The molecular formula is C16H14F4N2O3S. The van der Waals surface area contributed by atoms with Gasteiger partial charge in [0.2, 0.25) is 15.9 Å². The van der Waals surface area contributed by atoms with Crippen molar-refractivity contribution in [1.29, 1.82) is 0 Å². The van der Waals surface area contributed by atoms with Gasteiger partial charge in [-0.1, -0.05) is 6.07 Å². The molecule has 0 unspecified atom stereocenters. The molecule has 0 bridgehead atoms. The molecule has 0 aliphatic rings. The van der Waals surface area contributed by atoms with Crippen LogP contribution in [-0.4, -0.2) is 27.1 Å². The van der Waals surface area contributed by atoms with Crippen LogP contribution >= 0.6 is 0 Å². The lowest BCUT2D eigenvalue weighted by atomic mass is 10.2. The Morgan fingerprint density at radius 2 is 1.73 bits per heavy atom. The predicted molar refractivity (Wildman–Crippen MR) is 88.7 cm³/mol. The van der Waals surface area contributed by atoms with Gasteiger partial charge < -0.3 is 5.32 Å². The van der Waals surface area contributed by atoms with Gasteiger partial charge in [0.1, 0.15) is 12.4 Å². The molecule has 0 saturated carbocycles. The molecule has 0 aliphatic heterocycles. The summed E-state index contributed by atoms with van der Waals surface area (Å²) in [4.78, 5) is 12.1. The number of alkyl halides is 3. The predicted octanol–water partition coefficient (Wildman–Crippen LogP) is 3.25. The number of amides is 1. The Bertz CT molecular complexity index is 896. The van der Waals surface area contributed by atoms with Gasteiger partial charge in [0.25, 0.3) is 0 Å². The normalized spacial score (nSPS) is 11.9. The SMILES string of the molecule is CS(=O)(=O)N(CC(=O)Nc1cccc(F)c1)c1ccc(C(F)(F)F)cc1. The van der Waals surface area contributed by atoms with Crippen molar-refractivity contribution < 1.29 is 30.8 Å². The Morgan fingerprint density at radius 3 is 2.23 bits per heavy atom. The average molecular weight is 390 g/mol. The molecule has 2 aromatic carbocycles. The van der Waals surface area contributed by atoms with Gasteiger partial charge >= 0.3 is 6.18 Å². The maximum absolute atomic E-state index is 13.1. The molecule has 140 valence electrons. The first-order valence-electron chi connectivity index (χ1n) is 7.17. The molecule has 2 rings (SSSR count). The van der Waals surface area contributed by atoms with E-state index in [2.05, 4.69) is 5.32 Å². The van der Waals surface area contributed by atoms with Gasteiger partial charge in [0, 0.05) is 5.69 Å².